The third-order valence-corrected chi connectivity index (χ3v) is 3.92. The number of hydrogen-bond donors (Lipinski definition) is 2. The van der Waals surface area contributed by atoms with E-state index in [1.54, 1.807) is 0 Å². The van der Waals surface area contributed by atoms with Crippen LogP contribution >= 0.6 is 0 Å². The van der Waals surface area contributed by atoms with E-state index in [0.717, 1.165) is 17.9 Å². The fourth-order valence-corrected chi connectivity index (χ4v) is 2.51. The topological polar surface area (TPSA) is 54.7 Å². The first-order valence-electron chi connectivity index (χ1n) is 7.08. The molecule has 1 saturated carbocycles. The van der Waals surface area contributed by atoms with Gasteiger partial charge >= 0.3 is 0 Å². The van der Waals surface area contributed by atoms with Crippen molar-refractivity contribution in [2.75, 3.05) is 5.73 Å². The Kier molecular flexibility index (Phi) is 3.05. The fourth-order valence-electron chi connectivity index (χ4n) is 2.51. The number of anilines is 1. The predicted octanol–water partition coefficient (Wildman–Crippen LogP) is 3.73. The molecule has 3 nitrogen and oxygen atoms in total. The first-order chi connectivity index (χ1) is 9.15. The van der Waals surface area contributed by atoms with Gasteiger partial charge in [0.25, 0.3) is 0 Å². The summed E-state index contributed by atoms with van der Waals surface area (Å²) in [6.45, 7) is 4.42. The number of aromatic amines is 1. The molecule has 1 aliphatic rings. The highest BCUT2D eigenvalue weighted by Gasteiger charge is 2.25. The summed E-state index contributed by atoms with van der Waals surface area (Å²) in [5.41, 5.74) is 10.8. The molecule has 0 bridgehead atoms. The number of nitrogen functional groups attached to an aromatic ring is 1. The number of nitrogens with two attached hydrogens (primary N) is 1. The average molecular weight is 255 g/mol. The van der Waals surface area contributed by atoms with Gasteiger partial charge in [0.1, 0.15) is 0 Å². The zero-order valence-corrected chi connectivity index (χ0v) is 11.6. The van der Waals surface area contributed by atoms with E-state index >= 15 is 0 Å². The average Bonchev–Trinajstić information content (AvgIpc) is 3.13. The summed E-state index contributed by atoms with van der Waals surface area (Å²) in [6.07, 6.45) is 3.75. The van der Waals surface area contributed by atoms with Gasteiger partial charge in [0.05, 0.1) is 0 Å². The molecule has 1 aromatic heterocycles. The molecule has 1 heterocycles. The van der Waals surface area contributed by atoms with Gasteiger partial charge in [-0.1, -0.05) is 38.1 Å². The molecular weight excluding hydrogens is 234 g/mol. The predicted molar refractivity (Wildman–Crippen MR) is 79.0 cm³/mol. The Morgan fingerprint density at radius 1 is 1.26 bits per heavy atom. The number of aromatic nitrogens is 2. The van der Waals surface area contributed by atoms with Crippen LogP contribution in [0.4, 0.5) is 5.82 Å². The highest BCUT2D eigenvalue weighted by atomic mass is 15.2. The van der Waals surface area contributed by atoms with Crippen molar-refractivity contribution in [2.24, 2.45) is 5.92 Å². The third-order valence-electron chi connectivity index (χ3n) is 3.92. The second kappa shape index (κ2) is 4.72. The van der Waals surface area contributed by atoms with E-state index < -0.39 is 0 Å². The van der Waals surface area contributed by atoms with E-state index in [2.05, 4.69) is 48.3 Å². The van der Waals surface area contributed by atoms with E-state index in [1.165, 1.54) is 29.7 Å². The first-order valence-corrected chi connectivity index (χ1v) is 7.08. The Morgan fingerprint density at radius 3 is 2.53 bits per heavy atom. The SMILES string of the molecule is CC(C)c1ccc(-c2c(N)n[nH]c2CC2CC2)cc1. The second-order valence-corrected chi connectivity index (χ2v) is 5.89. The molecule has 0 saturated heterocycles. The number of hydrogen-bond acceptors (Lipinski definition) is 2. The van der Waals surface area contributed by atoms with Gasteiger partial charge in [-0.05, 0) is 42.2 Å². The maximum absolute atomic E-state index is 6.03. The van der Waals surface area contributed by atoms with Crippen LogP contribution in [-0.2, 0) is 6.42 Å². The molecule has 1 fully saturated rings. The lowest BCUT2D eigenvalue weighted by Crippen LogP contribution is -1.93. The van der Waals surface area contributed by atoms with Gasteiger partial charge in [0.2, 0.25) is 0 Å². The summed E-state index contributed by atoms with van der Waals surface area (Å²) in [4.78, 5) is 0. The molecule has 0 aliphatic heterocycles. The first kappa shape index (κ1) is 12.3. The second-order valence-electron chi connectivity index (χ2n) is 5.89. The quantitative estimate of drug-likeness (QED) is 0.874. The van der Waals surface area contributed by atoms with E-state index in [4.69, 9.17) is 5.73 Å². The van der Waals surface area contributed by atoms with E-state index in [-0.39, 0.29) is 0 Å². The van der Waals surface area contributed by atoms with Gasteiger partial charge < -0.3 is 5.73 Å². The summed E-state index contributed by atoms with van der Waals surface area (Å²) in [7, 11) is 0. The van der Waals surface area contributed by atoms with Crippen molar-refractivity contribution in [1.29, 1.82) is 0 Å². The molecule has 1 aromatic carbocycles. The largest absolute Gasteiger partial charge is 0.382 e. The molecule has 0 spiro atoms. The molecule has 3 rings (SSSR count). The van der Waals surface area contributed by atoms with Crippen molar-refractivity contribution >= 4 is 5.82 Å². The van der Waals surface area contributed by atoms with Crippen molar-refractivity contribution in [1.82, 2.24) is 10.2 Å². The van der Waals surface area contributed by atoms with Crippen molar-refractivity contribution < 1.29 is 0 Å². The van der Waals surface area contributed by atoms with E-state index in [9.17, 15) is 0 Å². The molecular formula is C16H21N3. The summed E-state index contributed by atoms with van der Waals surface area (Å²) >= 11 is 0. The van der Waals surface area contributed by atoms with Crippen molar-refractivity contribution in [2.45, 2.75) is 39.0 Å². The van der Waals surface area contributed by atoms with Crippen LogP contribution in [0.1, 0.15) is 43.9 Å². The number of benzene rings is 1. The summed E-state index contributed by atoms with van der Waals surface area (Å²) in [5.74, 6) is 2.00. The third kappa shape index (κ3) is 2.50. The maximum atomic E-state index is 6.03. The normalized spacial score (nSPS) is 15.1. The molecule has 2 aromatic rings. The van der Waals surface area contributed by atoms with Gasteiger partial charge in [-0.25, -0.2) is 0 Å². The summed E-state index contributed by atoms with van der Waals surface area (Å²) in [5, 5.41) is 7.29. The highest BCUT2D eigenvalue weighted by molar-refractivity contribution is 5.76. The minimum atomic E-state index is 0.557. The highest BCUT2D eigenvalue weighted by Crippen LogP contribution is 2.37. The van der Waals surface area contributed by atoms with Crippen LogP contribution in [0.2, 0.25) is 0 Å². The van der Waals surface area contributed by atoms with Crippen molar-refractivity contribution in [3.63, 3.8) is 0 Å². The van der Waals surface area contributed by atoms with Crippen molar-refractivity contribution in [3.8, 4) is 11.1 Å². The van der Waals surface area contributed by atoms with Crippen LogP contribution in [0.5, 0.6) is 0 Å². The molecule has 100 valence electrons. The lowest BCUT2D eigenvalue weighted by atomic mass is 9.97. The van der Waals surface area contributed by atoms with Crippen LogP contribution in [0.3, 0.4) is 0 Å². The Labute approximate surface area is 114 Å². The zero-order chi connectivity index (χ0) is 13.4. The number of H-pyrrole nitrogens is 1. The van der Waals surface area contributed by atoms with Gasteiger partial charge in [-0.3, -0.25) is 5.10 Å². The minimum absolute atomic E-state index is 0.557. The monoisotopic (exact) mass is 255 g/mol. The van der Waals surface area contributed by atoms with Crippen molar-refractivity contribution in [3.05, 3.63) is 35.5 Å². The zero-order valence-electron chi connectivity index (χ0n) is 11.6. The Morgan fingerprint density at radius 2 is 1.95 bits per heavy atom. The van der Waals surface area contributed by atoms with E-state index in [1.807, 2.05) is 0 Å². The standard InChI is InChI=1S/C16H21N3/c1-10(2)12-5-7-13(8-6-12)15-14(9-11-3-4-11)18-19-16(15)17/h5-8,10-11H,3-4,9H2,1-2H3,(H3,17,18,19). The fraction of sp³-hybridized carbons (Fsp3) is 0.438. The van der Waals surface area contributed by atoms with Crippen LogP contribution in [0, 0.1) is 5.92 Å². The molecule has 0 radical (unpaired) electrons. The molecule has 0 amide bonds. The van der Waals surface area contributed by atoms with E-state index in [0.29, 0.717) is 11.7 Å². The van der Waals surface area contributed by atoms with Gasteiger partial charge in [0.15, 0.2) is 5.82 Å². The summed E-state index contributed by atoms with van der Waals surface area (Å²) < 4.78 is 0. The number of rotatable bonds is 4. The number of nitrogens with zero attached hydrogens (tertiary/aromatic N) is 1. The molecule has 3 N–H and O–H groups in total. The Bertz CT molecular complexity index is 562. The Balaban J connectivity index is 1.93. The van der Waals surface area contributed by atoms with Crippen LogP contribution in [0.25, 0.3) is 11.1 Å². The molecule has 1 aliphatic carbocycles. The van der Waals surface area contributed by atoms with Gasteiger partial charge in [-0.15, -0.1) is 0 Å². The molecule has 19 heavy (non-hydrogen) atoms. The molecule has 0 unspecified atom stereocenters. The molecule has 3 heteroatoms. The lowest BCUT2D eigenvalue weighted by Gasteiger charge is -2.08. The summed E-state index contributed by atoms with van der Waals surface area (Å²) in [6, 6.07) is 8.70. The lowest BCUT2D eigenvalue weighted by molar-refractivity contribution is 0.798. The van der Waals surface area contributed by atoms with Gasteiger partial charge in [-0.2, -0.15) is 5.10 Å². The molecule has 0 atom stereocenters. The maximum Gasteiger partial charge on any atom is 0.153 e. The minimum Gasteiger partial charge on any atom is -0.382 e. The van der Waals surface area contributed by atoms with Crippen LogP contribution in [0.15, 0.2) is 24.3 Å². The van der Waals surface area contributed by atoms with Crippen LogP contribution < -0.4 is 5.73 Å². The van der Waals surface area contributed by atoms with Crippen LogP contribution in [-0.4, -0.2) is 10.2 Å². The smallest absolute Gasteiger partial charge is 0.153 e. The van der Waals surface area contributed by atoms with Gasteiger partial charge in [0, 0.05) is 11.3 Å². The Hall–Kier alpha value is -1.77. The number of nitrogens with one attached hydrogen (secondary N) is 1.